The van der Waals surface area contributed by atoms with Crippen molar-refractivity contribution in [1.82, 2.24) is 0 Å². The number of rotatable bonds is 9. The van der Waals surface area contributed by atoms with E-state index in [0.29, 0.717) is 12.1 Å². The Kier molecular flexibility index (Phi) is 8.58. The molecule has 0 heterocycles. The molecule has 45 heavy (non-hydrogen) atoms. The normalized spacial score (nSPS) is 12.1. The fourth-order valence-corrected chi connectivity index (χ4v) is 7.08. The average molecular weight is 667 g/mol. The summed E-state index contributed by atoms with van der Waals surface area (Å²) >= 11 is 0. The van der Waals surface area contributed by atoms with Gasteiger partial charge in [-0.2, -0.15) is 16.8 Å². The molecule has 0 aliphatic carbocycles. The highest BCUT2D eigenvalue weighted by atomic mass is 32.2. The zero-order chi connectivity index (χ0) is 32.6. The van der Waals surface area contributed by atoms with E-state index in [1.165, 1.54) is 0 Å². The summed E-state index contributed by atoms with van der Waals surface area (Å²) in [6.07, 6.45) is 0. The Morgan fingerprint density at radius 2 is 0.800 bits per heavy atom. The Bertz CT molecular complexity index is 2210. The Morgan fingerprint density at radius 3 is 1.18 bits per heavy atom. The summed E-state index contributed by atoms with van der Waals surface area (Å²) in [6, 6.07) is 26.6. The standard InChI is InChI=1S/C32H26O10S3/c1-21-3-7-23(8-4-21)24-9-13-26(14-10-24)42-30-18-16-28(20-32(30)45(38,39)40)43(33,34)27-15-17-29(31(19-27)44(35,36)37)41-25-11-5-22(2)6-12-25/h3-20H,1-2H3,(H,35,36,37)(H,38,39,40). The molecule has 0 saturated carbocycles. The minimum Gasteiger partial charge on any atom is -0.456 e. The molecule has 0 aliphatic rings. The highest BCUT2D eigenvalue weighted by Gasteiger charge is 2.27. The van der Waals surface area contributed by atoms with Crippen LogP contribution in [0.3, 0.4) is 0 Å². The third kappa shape index (κ3) is 7.24. The van der Waals surface area contributed by atoms with Gasteiger partial charge < -0.3 is 9.47 Å². The van der Waals surface area contributed by atoms with Crippen LogP contribution in [0.5, 0.6) is 23.0 Å². The Hall–Kier alpha value is -4.53. The maximum atomic E-state index is 13.5. The predicted molar refractivity (Wildman–Crippen MR) is 166 cm³/mol. The molecule has 5 aromatic carbocycles. The fourth-order valence-electron chi connectivity index (χ4n) is 4.34. The van der Waals surface area contributed by atoms with E-state index in [2.05, 4.69) is 0 Å². The number of ether oxygens (including phenoxy) is 2. The number of hydrogen-bond donors (Lipinski definition) is 2. The molecule has 0 saturated heterocycles. The zero-order valence-electron chi connectivity index (χ0n) is 23.8. The second kappa shape index (κ2) is 12.1. The highest BCUT2D eigenvalue weighted by molar-refractivity contribution is 7.91. The lowest BCUT2D eigenvalue weighted by Crippen LogP contribution is -2.08. The van der Waals surface area contributed by atoms with Crippen molar-refractivity contribution >= 4 is 30.1 Å². The first-order valence-corrected chi connectivity index (χ1v) is 17.6. The fraction of sp³-hybridized carbons (Fsp3) is 0.0625. The van der Waals surface area contributed by atoms with Gasteiger partial charge in [-0.3, -0.25) is 9.11 Å². The first-order valence-electron chi connectivity index (χ1n) is 13.2. The summed E-state index contributed by atoms with van der Waals surface area (Å²) in [5.74, 6) is -0.233. The zero-order valence-corrected chi connectivity index (χ0v) is 26.2. The van der Waals surface area contributed by atoms with Crippen molar-refractivity contribution in [3.63, 3.8) is 0 Å². The minimum atomic E-state index is -4.99. The van der Waals surface area contributed by atoms with Crippen molar-refractivity contribution in [3.8, 4) is 34.1 Å². The van der Waals surface area contributed by atoms with Crippen molar-refractivity contribution < 1.29 is 43.8 Å². The molecule has 0 spiro atoms. The number of aryl methyl sites for hydroxylation is 2. The number of hydrogen-bond acceptors (Lipinski definition) is 8. The van der Waals surface area contributed by atoms with Crippen LogP contribution in [0.2, 0.25) is 0 Å². The lowest BCUT2D eigenvalue weighted by molar-refractivity contribution is 0.447. The first kappa shape index (κ1) is 31.9. The molecule has 0 atom stereocenters. The van der Waals surface area contributed by atoms with E-state index in [1.54, 1.807) is 48.5 Å². The molecule has 0 bridgehead atoms. The summed E-state index contributed by atoms with van der Waals surface area (Å²) in [6.45, 7) is 3.81. The molecule has 10 nitrogen and oxygen atoms in total. The van der Waals surface area contributed by atoms with Gasteiger partial charge in [0.2, 0.25) is 9.84 Å². The SMILES string of the molecule is Cc1ccc(Oc2ccc(S(=O)(=O)c3ccc(Oc4ccc(-c5ccc(C)cc5)cc4)c(S(=O)(=O)O)c3)cc2S(=O)(=O)O)cc1. The molecular formula is C32H26O10S3. The predicted octanol–water partition coefficient (Wildman–Crippen LogP) is 6.88. The molecule has 0 radical (unpaired) electrons. The van der Waals surface area contributed by atoms with Gasteiger partial charge in [0.1, 0.15) is 32.8 Å². The van der Waals surface area contributed by atoms with E-state index in [0.717, 1.165) is 46.5 Å². The number of benzene rings is 5. The van der Waals surface area contributed by atoms with Crippen molar-refractivity contribution in [2.45, 2.75) is 33.4 Å². The average Bonchev–Trinajstić information content (AvgIpc) is 2.98. The van der Waals surface area contributed by atoms with Gasteiger partial charge in [0.15, 0.2) is 0 Å². The van der Waals surface area contributed by atoms with Crippen LogP contribution in [0.25, 0.3) is 11.1 Å². The van der Waals surface area contributed by atoms with Gasteiger partial charge in [-0.25, -0.2) is 8.42 Å². The summed E-state index contributed by atoms with van der Waals surface area (Å²) in [4.78, 5) is -2.84. The van der Waals surface area contributed by atoms with Gasteiger partial charge in [0, 0.05) is 0 Å². The van der Waals surface area contributed by atoms with Crippen LogP contribution in [0.4, 0.5) is 0 Å². The van der Waals surface area contributed by atoms with E-state index in [4.69, 9.17) is 9.47 Å². The van der Waals surface area contributed by atoms with E-state index >= 15 is 0 Å². The quantitative estimate of drug-likeness (QED) is 0.159. The molecule has 2 N–H and O–H groups in total. The molecule has 0 unspecified atom stereocenters. The smallest absolute Gasteiger partial charge is 0.298 e. The summed E-state index contributed by atoms with van der Waals surface area (Å²) in [5.41, 5.74) is 3.84. The van der Waals surface area contributed by atoms with Gasteiger partial charge in [0.05, 0.1) is 9.79 Å². The Labute approximate surface area is 260 Å². The van der Waals surface area contributed by atoms with Crippen molar-refractivity contribution in [2.75, 3.05) is 0 Å². The highest BCUT2D eigenvalue weighted by Crippen LogP contribution is 2.36. The molecular weight excluding hydrogens is 641 g/mol. The first-order chi connectivity index (χ1) is 21.1. The van der Waals surface area contributed by atoms with Gasteiger partial charge >= 0.3 is 0 Å². The molecule has 0 aromatic heterocycles. The molecule has 5 aromatic rings. The van der Waals surface area contributed by atoms with Crippen LogP contribution in [-0.2, 0) is 30.1 Å². The van der Waals surface area contributed by atoms with Gasteiger partial charge in [0.25, 0.3) is 20.2 Å². The minimum absolute atomic E-state index is 0.216. The van der Waals surface area contributed by atoms with Crippen molar-refractivity contribution in [2.24, 2.45) is 0 Å². The third-order valence-corrected chi connectivity index (χ3v) is 10.2. The molecule has 13 heteroatoms. The van der Waals surface area contributed by atoms with Crippen LogP contribution in [-0.4, -0.2) is 34.4 Å². The van der Waals surface area contributed by atoms with Crippen molar-refractivity contribution in [1.29, 1.82) is 0 Å². The maximum Gasteiger partial charge on any atom is 0.298 e. The number of sulfone groups is 1. The monoisotopic (exact) mass is 666 g/mol. The summed E-state index contributed by atoms with van der Waals surface area (Å²) < 4.78 is 107. The van der Waals surface area contributed by atoms with Crippen LogP contribution in [0.15, 0.2) is 129 Å². The van der Waals surface area contributed by atoms with Crippen LogP contribution in [0, 0.1) is 13.8 Å². The van der Waals surface area contributed by atoms with E-state index in [-0.39, 0.29) is 23.0 Å². The molecule has 232 valence electrons. The van der Waals surface area contributed by atoms with Gasteiger partial charge in [-0.15, -0.1) is 0 Å². The summed E-state index contributed by atoms with van der Waals surface area (Å²) in [5, 5.41) is 0. The molecule has 0 fully saturated rings. The Balaban J connectivity index is 1.48. The third-order valence-electron chi connectivity index (χ3n) is 6.72. The molecule has 5 rings (SSSR count). The molecule has 0 amide bonds. The van der Waals surface area contributed by atoms with Gasteiger partial charge in [-0.05, 0) is 85.6 Å². The molecule has 0 aliphatic heterocycles. The van der Waals surface area contributed by atoms with E-state index in [1.807, 2.05) is 38.1 Å². The van der Waals surface area contributed by atoms with E-state index in [9.17, 15) is 34.4 Å². The second-order valence-corrected chi connectivity index (χ2v) is 14.8. The Morgan fingerprint density at radius 1 is 0.467 bits per heavy atom. The van der Waals surface area contributed by atoms with Crippen LogP contribution >= 0.6 is 0 Å². The second-order valence-electron chi connectivity index (χ2n) is 10.1. The lowest BCUT2D eigenvalue weighted by atomic mass is 10.0. The largest absolute Gasteiger partial charge is 0.456 e. The van der Waals surface area contributed by atoms with Crippen LogP contribution in [0.1, 0.15) is 11.1 Å². The maximum absolute atomic E-state index is 13.5. The van der Waals surface area contributed by atoms with Crippen molar-refractivity contribution in [3.05, 3.63) is 120 Å². The van der Waals surface area contributed by atoms with Gasteiger partial charge in [-0.1, -0.05) is 59.7 Å². The summed E-state index contributed by atoms with van der Waals surface area (Å²) in [7, 11) is -14.6. The van der Waals surface area contributed by atoms with Crippen LogP contribution < -0.4 is 9.47 Å². The lowest BCUT2D eigenvalue weighted by Gasteiger charge is -2.14. The topological polar surface area (TPSA) is 161 Å². The van der Waals surface area contributed by atoms with E-state index < -0.39 is 49.7 Å².